The maximum atomic E-state index is 11.4. The van der Waals surface area contributed by atoms with Crippen molar-refractivity contribution in [2.75, 3.05) is 7.11 Å². The van der Waals surface area contributed by atoms with Crippen LogP contribution < -0.4 is 0 Å². The maximum Gasteiger partial charge on any atom is 0.312 e. The van der Waals surface area contributed by atoms with E-state index in [1.807, 2.05) is 24.3 Å². The summed E-state index contributed by atoms with van der Waals surface area (Å²) in [6.45, 7) is 1.68. The predicted octanol–water partition coefficient (Wildman–Crippen LogP) is 2.53. The first-order valence-electron chi connectivity index (χ1n) is 4.59. The molecule has 0 saturated carbocycles. The molecule has 1 unspecified atom stereocenters. The molecule has 1 atom stereocenters. The van der Waals surface area contributed by atoms with E-state index in [0.29, 0.717) is 0 Å². The molecule has 15 heavy (non-hydrogen) atoms. The maximum absolute atomic E-state index is 11.4. The third-order valence-electron chi connectivity index (χ3n) is 1.92. The third-order valence-corrected chi connectivity index (χ3v) is 2.70. The molecule has 0 amide bonds. The first-order valence-corrected chi connectivity index (χ1v) is 5.38. The molecule has 0 aromatic heterocycles. The minimum Gasteiger partial charge on any atom is -0.436 e. The first kappa shape index (κ1) is 12.2. The van der Waals surface area contributed by atoms with Crippen LogP contribution in [0.25, 0.3) is 0 Å². The molecule has 0 bridgehead atoms. The summed E-state index contributed by atoms with van der Waals surface area (Å²) in [6, 6.07) is 7.55. The second-order valence-corrected chi connectivity index (χ2v) is 3.92. The van der Waals surface area contributed by atoms with Crippen LogP contribution in [0.3, 0.4) is 0 Å². The predicted molar refractivity (Wildman–Crippen MR) is 60.4 cm³/mol. The lowest BCUT2D eigenvalue weighted by Crippen LogP contribution is -2.18. The molecule has 0 radical (unpaired) electrons. The molecule has 3 nitrogen and oxygen atoms in total. The van der Waals surface area contributed by atoms with Crippen LogP contribution in [0, 0.1) is 0 Å². The molecule has 0 N–H and O–H groups in total. The van der Waals surface area contributed by atoms with Crippen molar-refractivity contribution in [3.05, 3.63) is 34.3 Å². The quantitative estimate of drug-likeness (QED) is 0.624. The first-order chi connectivity index (χ1) is 7.13. The standard InChI is InChI=1S/C11H13BrO3/c1-8(14-2)15-11(13)7-9-5-3-4-6-10(9)12/h3-6,8H,7H2,1-2H3. The lowest BCUT2D eigenvalue weighted by Gasteiger charge is -2.11. The van der Waals surface area contributed by atoms with Gasteiger partial charge < -0.3 is 9.47 Å². The van der Waals surface area contributed by atoms with Gasteiger partial charge in [0.1, 0.15) is 0 Å². The molecule has 0 aliphatic carbocycles. The second kappa shape index (κ2) is 5.88. The number of halogens is 1. The average molecular weight is 273 g/mol. The molecule has 82 valence electrons. The van der Waals surface area contributed by atoms with Crippen LogP contribution in [0.2, 0.25) is 0 Å². The summed E-state index contributed by atoms with van der Waals surface area (Å²) in [5, 5.41) is 0. The van der Waals surface area contributed by atoms with E-state index in [0.717, 1.165) is 10.0 Å². The van der Waals surface area contributed by atoms with Gasteiger partial charge in [0.2, 0.25) is 0 Å². The van der Waals surface area contributed by atoms with Crippen LogP contribution in [0.5, 0.6) is 0 Å². The Morgan fingerprint density at radius 1 is 1.47 bits per heavy atom. The zero-order valence-electron chi connectivity index (χ0n) is 8.70. The zero-order valence-corrected chi connectivity index (χ0v) is 10.3. The summed E-state index contributed by atoms with van der Waals surface area (Å²) in [5.74, 6) is -0.295. The summed E-state index contributed by atoms with van der Waals surface area (Å²) in [4.78, 5) is 11.4. The topological polar surface area (TPSA) is 35.5 Å². The van der Waals surface area contributed by atoms with E-state index >= 15 is 0 Å². The molecule has 0 saturated heterocycles. The number of methoxy groups -OCH3 is 1. The SMILES string of the molecule is COC(C)OC(=O)Cc1ccccc1Br. The fourth-order valence-electron chi connectivity index (χ4n) is 1.07. The van der Waals surface area contributed by atoms with Crippen LogP contribution in [-0.4, -0.2) is 19.4 Å². The van der Waals surface area contributed by atoms with E-state index in [2.05, 4.69) is 15.9 Å². The molecular formula is C11H13BrO3. The van der Waals surface area contributed by atoms with Crippen molar-refractivity contribution in [3.8, 4) is 0 Å². The van der Waals surface area contributed by atoms with Gasteiger partial charge in [-0.05, 0) is 18.6 Å². The number of ether oxygens (including phenoxy) is 2. The number of carbonyl (C=O) groups excluding carboxylic acids is 1. The fraction of sp³-hybridized carbons (Fsp3) is 0.364. The fourth-order valence-corrected chi connectivity index (χ4v) is 1.50. The Morgan fingerprint density at radius 3 is 2.73 bits per heavy atom. The highest BCUT2D eigenvalue weighted by Crippen LogP contribution is 2.16. The van der Waals surface area contributed by atoms with Crippen molar-refractivity contribution in [3.63, 3.8) is 0 Å². The van der Waals surface area contributed by atoms with Crippen LogP contribution >= 0.6 is 15.9 Å². The smallest absolute Gasteiger partial charge is 0.312 e. The van der Waals surface area contributed by atoms with Gasteiger partial charge in [-0.25, -0.2) is 0 Å². The molecule has 1 rings (SSSR count). The number of carbonyl (C=O) groups is 1. The third kappa shape index (κ3) is 4.01. The van der Waals surface area contributed by atoms with Gasteiger partial charge in [-0.1, -0.05) is 34.1 Å². The number of esters is 1. The second-order valence-electron chi connectivity index (χ2n) is 3.06. The molecule has 1 aromatic rings. The van der Waals surface area contributed by atoms with E-state index < -0.39 is 6.29 Å². The van der Waals surface area contributed by atoms with E-state index in [4.69, 9.17) is 9.47 Å². The number of hydrogen-bond acceptors (Lipinski definition) is 3. The van der Waals surface area contributed by atoms with Gasteiger partial charge in [-0.3, -0.25) is 4.79 Å². The van der Waals surface area contributed by atoms with Gasteiger partial charge in [0.05, 0.1) is 6.42 Å². The van der Waals surface area contributed by atoms with Crippen molar-refractivity contribution < 1.29 is 14.3 Å². The molecule has 0 aliphatic heterocycles. The lowest BCUT2D eigenvalue weighted by molar-refractivity contribution is -0.168. The van der Waals surface area contributed by atoms with Crippen molar-refractivity contribution in [2.45, 2.75) is 19.6 Å². The summed E-state index contributed by atoms with van der Waals surface area (Å²) in [7, 11) is 1.50. The summed E-state index contributed by atoms with van der Waals surface area (Å²) >= 11 is 3.37. The summed E-state index contributed by atoms with van der Waals surface area (Å²) in [6.07, 6.45) is -0.255. The highest BCUT2D eigenvalue weighted by molar-refractivity contribution is 9.10. The van der Waals surface area contributed by atoms with Crippen LogP contribution in [-0.2, 0) is 20.7 Å². The van der Waals surface area contributed by atoms with Crippen molar-refractivity contribution >= 4 is 21.9 Å². The van der Waals surface area contributed by atoms with E-state index in [1.54, 1.807) is 6.92 Å². The Morgan fingerprint density at radius 2 is 2.13 bits per heavy atom. The summed E-state index contributed by atoms with van der Waals surface area (Å²) < 4.78 is 10.7. The van der Waals surface area contributed by atoms with Gasteiger partial charge in [0.15, 0.2) is 6.29 Å². The van der Waals surface area contributed by atoms with Gasteiger partial charge in [0, 0.05) is 11.6 Å². The highest BCUT2D eigenvalue weighted by Gasteiger charge is 2.10. The Bertz CT molecular complexity index is 338. The van der Waals surface area contributed by atoms with E-state index in [1.165, 1.54) is 7.11 Å². The molecule has 4 heteroatoms. The number of benzene rings is 1. The minimum atomic E-state index is -0.500. The molecule has 0 heterocycles. The molecule has 0 aliphatic rings. The zero-order chi connectivity index (χ0) is 11.3. The largest absolute Gasteiger partial charge is 0.436 e. The van der Waals surface area contributed by atoms with Crippen LogP contribution in [0.4, 0.5) is 0 Å². The van der Waals surface area contributed by atoms with Crippen molar-refractivity contribution in [2.24, 2.45) is 0 Å². The minimum absolute atomic E-state index is 0.245. The molecule has 0 spiro atoms. The van der Waals surface area contributed by atoms with Crippen molar-refractivity contribution in [1.29, 1.82) is 0 Å². The van der Waals surface area contributed by atoms with Gasteiger partial charge >= 0.3 is 5.97 Å². The van der Waals surface area contributed by atoms with E-state index in [-0.39, 0.29) is 12.4 Å². The number of hydrogen-bond donors (Lipinski definition) is 0. The van der Waals surface area contributed by atoms with Crippen LogP contribution in [0.15, 0.2) is 28.7 Å². The van der Waals surface area contributed by atoms with Gasteiger partial charge in [0.25, 0.3) is 0 Å². The Labute approximate surface area is 97.5 Å². The van der Waals surface area contributed by atoms with Gasteiger partial charge in [-0.15, -0.1) is 0 Å². The average Bonchev–Trinajstić information content (AvgIpc) is 2.21. The van der Waals surface area contributed by atoms with Crippen LogP contribution in [0.1, 0.15) is 12.5 Å². The van der Waals surface area contributed by atoms with E-state index in [9.17, 15) is 4.79 Å². The monoisotopic (exact) mass is 272 g/mol. The van der Waals surface area contributed by atoms with Crippen molar-refractivity contribution in [1.82, 2.24) is 0 Å². The highest BCUT2D eigenvalue weighted by atomic mass is 79.9. The Hall–Kier alpha value is -0.870. The lowest BCUT2D eigenvalue weighted by atomic mass is 10.2. The molecule has 0 fully saturated rings. The van der Waals surface area contributed by atoms with Gasteiger partial charge in [-0.2, -0.15) is 0 Å². The summed E-state index contributed by atoms with van der Waals surface area (Å²) in [5.41, 5.74) is 0.908. The normalized spacial score (nSPS) is 12.2. The Kier molecular flexibility index (Phi) is 4.78. The molecule has 1 aromatic carbocycles. The number of rotatable bonds is 4. The molecular weight excluding hydrogens is 260 g/mol. The Balaban J connectivity index is 2.55.